The molecule has 2 nitrogen and oxygen atoms in total. The molecule has 3 rings (SSSR count). The lowest BCUT2D eigenvalue weighted by Crippen LogP contribution is -2.14. The van der Waals surface area contributed by atoms with E-state index in [0.717, 1.165) is 6.54 Å². The Labute approximate surface area is 99.7 Å². The smallest absolute Gasteiger partial charge is 0.0537 e. The predicted octanol–water partition coefficient (Wildman–Crippen LogP) is 2.91. The zero-order valence-corrected chi connectivity index (χ0v) is 10.1. The molecule has 0 saturated carbocycles. The van der Waals surface area contributed by atoms with Gasteiger partial charge in [0.05, 0.1) is 6.54 Å². The van der Waals surface area contributed by atoms with E-state index >= 15 is 0 Å². The number of nitrogens with zero attached hydrogens (tertiary/aromatic N) is 2. The molecule has 0 radical (unpaired) electrons. The average Bonchev–Trinajstić information content (AvgIpc) is 2.85. The molecule has 1 aromatic heterocycles. The highest BCUT2D eigenvalue weighted by Crippen LogP contribution is 2.37. The van der Waals surface area contributed by atoms with E-state index in [0.29, 0.717) is 5.25 Å². The van der Waals surface area contributed by atoms with Gasteiger partial charge in [0, 0.05) is 22.0 Å². The van der Waals surface area contributed by atoms with Gasteiger partial charge in [0.2, 0.25) is 0 Å². The van der Waals surface area contributed by atoms with Crippen molar-refractivity contribution in [1.82, 2.24) is 9.78 Å². The van der Waals surface area contributed by atoms with Crippen LogP contribution in [0.15, 0.2) is 41.4 Å². The van der Waals surface area contributed by atoms with Gasteiger partial charge in [-0.3, -0.25) is 4.68 Å². The summed E-state index contributed by atoms with van der Waals surface area (Å²) in [7, 11) is 0. The topological polar surface area (TPSA) is 17.8 Å². The zero-order valence-electron chi connectivity index (χ0n) is 9.26. The van der Waals surface area contributed by atoms with Crippen LogP contribution in [0.3, 0.4) is 0 Å². The fourth-order valence-electron chi connectivity index (χ4n) is 2.14. The molecular weight excluding hydrogens is 216 g/mol. The highest BCUT2D eigenvalue weighted by Gasteiger charge is 2.22. The first-order chi connectivity index (χ1) is 7.83. The van der Waals surface area contributed by atoms with E-state index in [4.69, 9.17) is 0 Å². The monoisotopic (exact) mass is 230 g/mol. The van der Waals surface area contributed by atoms with E-state index in [1.54, 1.807) is 0 Å². The summed E-state index contributed by atoms with van der Waals surface area (Å²) in [4.78, 5) is 1.44. The minimum absolute atomic E-state index is 0.635. The maximum absolute atomic E-state index is 4.35. The number of rotatable bonds is 2. The molecule has 0 N–H and O–H groups in total. The SMILES string of the molecule is Cc1ccnn1CC1Cc2ccccc2S1. The van der Waals surface area contributed by atoms with Crippen LogP contribution in [0.4, 0.5) is 0 Å². The molecule has 0 spiro atoms. The van der Waals surface area contributed by atoms with Gasteiger partial charge < -0.3 is 0 Å². The van der Waals surface area contributed by atoms with Gasteiger partial charge in [-0.2, -0.15) is 5.10 Å². The summed E-state index contributed by atoms with van der Waals surface area (Å²) in [5.41, 5.74) is 2.74. The molecule has 1 aliphatic heterocycles. The van der Waals surface area contributed by atoms with Crippen molar-refractivity contribution in [3.63, 3.8) is 0 Å². The molecule has 16 heavy (non-hydrogen) atoms. The molecule has 1 unspecified atom stereocenters. The largest absolute Gasteiger partial charge is 0.269 e. The number of thioether (sulfide) groups is 1. The maximum atomic E-state index is 4.35. The molecule has 0 fully saturated rings. The van der Waals surface area contributed by atoms with Crippen molar-refractivity contribution >= 4 is 11.8 Å². The van der Waals surface area contributed by atoms with Crippen LogP contribution in [-0.4, -0.2) is 15.0 Å². The number of hydrogen-bond donors (Lipinski definition) is 0. The van der Waals surface area contributed by atoms with Crippen LogP contribution >= 0.6 is 11.8 Å². The molecule has 0 amide bonds. The van der Waals surface area contributed by atoms with Crippen molar-refractivity contribution in [3.8, 4) is 0 Å². The number of aryl methyl sites for hydroxylation is 1. The Balaban J connectivity index is 1.75. The standard InChI is InChI=1S/C13H14N2S/c1-10-6-7-14-15(10)9-12-8-11-4-2-3-5-13(11)16-12/h2-7,12H,8-9H2,1H3. The highest BCUT2D eigenvalue weighted by atomic mass is 32.2. The number of aromatic nitrogens is 2. The van der Waals surface area contributed by atoms with Crippen LogP contribution in [-0.2, 0) is 13.0 Å². The van der Waals surface area contributed by atoms with Gasteiger partial charge in [-0.25, -0.2) is 0 Å². The lowest BCUT2D eigenvalue weighted by molar-refractivity contribution is 0.580. The molecule has 82 valence electrons. The Morgan fingerprint density at radius 3 is 3.00 bits per heavy atom. The minimum Gasteiger partial charge on any atom is -0.269 e. The van der Waals surface area contributed by atoms with Gasteiger partial charge in [0.1, 0.15) is 0 Å². The lowest BCUT2D eigenvalue weighted by Gasteiger charge is -2.09. The molecule has 0 saturated heterocycles. The predicted molar refractivity (Wildman–Crippen MR) is 66.8 cm³/mol. The second kappa shape index (κ2) is 3.98. The molecule has 1 aliphatic rings. The summed E-state index contributed by atoms with van der Waals surface area (Å²) in [5.74, 6) is 0. The van der Waals surface area contributed by atoms with Gasteiger partial charge in [-0.15, -0.1) is 11.8 Å². The number of benzene rings is 1. The van der Waals surface area contributed by atoms with Crippen molar-refractivity contribution in [3.05, 3.63) is 47.8 Å². The van der Waals surface area contributed by atoms with Gasteiger partial charge in [0.25, 0.3) is 0 Å². The van der Waals surface area contributed by atoms with Gasteiger partial charge in [0.15, 0.2) is 0 Å². The Morgan fingerprint density at radius 2 is 2.25 bits per heavy atom. The summed E-state index contributed by atoms with van der Waals surface area (Å²) >= 11 is 1.98. The fourth-order valence-corrected chi connectivity index (χ4v) is 3.44. The normalized spacial score (nSPS) is 18.7. The quantitative estimate of drug-likeness (QED) is 0.789. The zero-order chi connectivity index (χ0) is 11.0. The van der Waals surface area contributed by atoms with E-state index in [-0.39, 0.29) is 0 Å². The second-order valence-corrected chi connectivity index (χ2v) is 5.55. The van der Waals surface area contributed by atoms with E-state index in [1.165, 1.54) is 22.6 Å². The van der Waals surface area contributed by atoms with Crippen LogP contribution in [0.5, 0.6) is 0 Å². The summed E-state index contributed by atoms with van der Waals surface area (Å²) in [6.07, 6.45) is 3.04. The molecule has 1 atom stereocenters. The molecule has 0 bridgehead atoms. The third-order valence-electron chi connectivity index (χ3n) is 3.02. The van der Waals surface area contributed by atoms with Crippen molar-refractivity contribution in [2.75, 3.05) is 0 Å². The van der Waals surface area contributed by atoms with Crippen LogP contribution in [0.2, 0.25) is 0 Å². The van der Waals surface area contributed by atoms with Crippen molar-refractivity contribution in [2.24, 2.45) is 0 Å². The first kappa shape index (κ1) is 9.97. The molecular formula is C13H14N2S. The Morgan fingerprint density at radius 1 is 1.38 bits per heavy atom. The van der Waals surface area contributed by atoms with Crippen LogP contribution in [0, 0.1) is 6.92 Å². The highest BCUT2D eigenvalue weighted by molar-refractivity contribution is 8.00. The Bertz CT molecular complexity index is 479. The van der Waals surface area contributed by atoms with E-state index in [1.807, 2.05) is 18.0 Å². The first-order valence-electron chi connectivity index (χ1n) is 5.56. The fraction of sp³-hybridized carbons (Fsp3) is 0.308. The third-order valence-corrected chi connectivity index (χ3v) is 4.32. The van der Waals surface area contributed by atoms with Gasteiger partial charge in [-0.05, 0) is 31.0 Å². The molecule has 0 aliphatic carbocycles. The minimum atomic E-state index is 0.635. The average molecular weight is 230 g/mol. The van der Waals surface area contributed by atoms with Crippen LogP contribution < -0.4 is 0 Å². The lowest BCUT2D eigenvalue weighted by atomic mass is 10.1. The maximum Gasteiger partial charge on any atom is 0.0537 e. The van der Waals surface area contributed by atoms with Gasteiger partial charge in [-0.1, -0.05) is 18.2 Å². The summed E-state index contributed by atoms with van der Waals surface area (Å²) < 4.78 is 2.10. The first-order valence-corrected chi connectivity index (χ1v) is 6.44. The van der Waals surface area contributed by atoms with Crippen LogP contribution in [0.1, 0.15) is 11.3 Å². The van der Waals surface area contributed by atoms with E-state index in [9.17, 15) is 0 Å². The molecule has 3 heteroatoms. The Hall–Kier alpha value is -1.22. The summed E-state index contributed by atoms with van der Waals surface area (Å²) in [5, 5.41) is 4.98. The van der Waals surface area contributed by atoms with Crippen molar-refractivity contribution < 1.29 is 0 Å². The van der Waals surface area contributed by atoms with Gasteiger partial charge >= 0.3 is 0 Å². The van der Waals surface area contributed by atoms with Crippen molar-refractivity contribution in [1.29, 1.82) is 0 Å². The van der Waals surface area contributed by atoms with Crippen LogP contribution in [0.25, 0.3) is 0 Å². The van der Waals surface area contributed by atoms with Crippen molar-refractivity contribution in [2.45, 2.75) is 30.0 Å². The van der Waals surface area contributed by atoms with E-state index < -0.39 is 0 Å². The Kier molecular flexibility index (Phi) is 2.48. The molecule has 2 aromatic rings. The molecule has 2 heterocycles. The third kappa shape index (κ3) is 1.76. The number of fused-ring (bicyclic) bond motifs is 1. The second-order valence-electron chi connectivity index (χ2n) is 4.21. The molecule has 1 aromatic carbocycles. The summed E-state index contributed by atoms with van der Waals surface area (Å²) in [6, 6.07) is 10.8. The summed E-state index contributed by atoms with van der Waals surface area (Å²) in [6.45, 7) is 3.12. The van der Waals surface area contributed by atoms with E-state index in [2.05, 4.69) is 47.0 Å². The number of hydrogen-bond acceptors (Lipinski definition) is 2.